The van der Waals surface area contributed by atoms with Crippen molar-refractivity contribution in [1.29, 1.82) is 0 Å². The third kappa shape index (κ3) is 6.43. The maximum atomic E-state index is 13.6. The molecule has 178 valence electrons. The molecule has 4 rings (SSSR count). The average molecular weight is 512 g/mol. The number of carbonyl (C=O) groups excluding carboxylic acids is 3. The number of hydrogen-bond donors (Lipinski definition) is 1. The molecule has 0 spiro atoms. The molecular weight excluding hydrogens is 489 g/mol. The molecule has 1 heterocycles. The van der Waals surface area contributed by atoms with Gasteiger partial charge in [-0.1, -0.05) is 18.2 Å². The number of ether oxygens (including phenoxy) is 3. The van der Waals surface area contributed by atoms with Gasteiger partial charge in [-0.3, -0.25) is 9.59 Å². The summed E-state index contributed by atoms with van der Waals surface area (Å²) in [7, 11) is 1.51. The molecule has 1 aliphatic heterocycles. The van der Waals surface area contributed by atoms with E-state index in [1.165, 1.54) is 20.1 Å². The van der Waals surface area contributed by atoms with Gasteiger partial charge in [0.2, 0.25) is 12.7 Å². The first-order valence-corrected chi connectivity index (χ1v) is 10.8. The van der Waals surface area contributed by atoms with E-state index in [9.17, 15) is 19.5 Å². The maximum Gasteiger partial charge on any atom is 1.00 e. The molecule has 0 aliphatic carbocycles. The number of methoxy groups -OCH3 is 1. The summed E-state index contributed by atoms with van der Waals surface area (Å²) >= 11 is 0. The number of Topliss-reactive ketones (excluding diaryl/α,β-unsaturated/α-hetero) is 1. The Labute approximate surface area is 250 Å². The first-order chi connectivity index (χ1) is 16.9. The van der Waals surface area contributed by atoms with Crippen LogP contribution in [0.3, 0.4) is 0 Å². The van der Waals surface area contributed by atoms with Gasteiger partial charge >= 0.3 is 51.4 Å². The first-order valence-electron chi connectivity index (χ1n) is 10.8. The Kier molecular flexibility index (Phi) is 9.47. The molecule has 1 N–H and O–H groups in total. The van der Waals surface area contributed by atoms with Crippen LogP contribution >= 0.6 is 0 Å². The maximum absolute atomic E-state index is 13.6. The van der Waals surface area contributed by atoms with Gasteiger partial charge in [-0.25, -0.2) is 0 Å². The number of amides is 1. The predicted octanol–water partition coefficient (Wildman–Crippen LogP) is 0.0154. The summed E-state index contributed by atoms with van der Waals surface area (Å²) in [5.41, 5.74) is 1.63. The molecule has 3 aromatic carbocycles. The molecule has 0 aromatic heterocycles. The molecule has 0 bridgehead atoms. The summed E-state index contributed by atoms with van der Waals surface area (Å²) < 4.78 is 15.9. The SMILES string of the molecule is COc1ccc(C(=O)C(Cc2ccc(NC(C)=O)cc2)=C(C(=O)[O-])c2ccc3c(c2)OCO3)cc1.[K+]. The van der Waals surface area contributed by atoms with Crippen LogP contribution in [-0.4, -0.2) is 31.6 Å². The van der Waals surface area contributed by atoms with E-state index in [1.54, 1.807) is 60.7 Å². The van der Waals surface area contributed by atoms with Crippen molar-refractivity contribution >= 4 is 28.9 Å². The van der Waals surface area contributed by atoms with Crippen molar-refractivity contribution in [3.63, 3.8) is 0 Å². The fourth-order valence-corrected chi connectivity index (χ4v) is 3.78. The van der Waals surface area contributed by atoms with Gasteiger partial charge in [-0.05, 0) is 59.7 Å². The molecule has 0 radical (unpaired) electrons. The topological polar surface area (TPSA) is 114 Å². The van der Waals surface area contributed by atoms with Crippen LogP contribution in [0.15, 0.2) is 72.3 Å². The Hall–Kier alpha value is -2.95. The van der Waals surface area contributed by atoms with E-state index < -0.39 is 11.8 Å². The van der Waals surface area contributed by atoms with Crippen LogP contribution in [0.2, 0.25) is 0 Å². The normalized spacial score (nSPS) is 12.2. The van der Waals surface area contributed by atoms with Crippen LogP contribution in [0.5, 0.6) is 17.2 Å². The number of allylic oxidation sites excluding steroid dienone is 1. The number of hydrogen-bond acceptors (Lipinski definition) is 7. The number of anilines is 1. The minimum atomic E-state index is -1.49. The first kappa shape index (κ1) is 27.6. The molecule has 0 atom stereocenters. The van der Waals surface area contributed by atoms with Crippen molar-refractivity contribution in [3.05, 3.63) is 89.0 Å². The Morgan fingerprint density at radius 2 is 1.56 bits per heavy atom. The van der Waals surface area contributed by atoms with Crippen LogP contribution in [-0.2, 0) is 16.0 Å². The average Bonchev–Trinajstić information content (AvgIpc) is 3.32. The van der Waals surface area contributed by atoms with E-state index in [0.717, 1.165) is 0 Å². The Morgan fingerprint density at radius 1 is 0.917 bits per heavy atom. The van der Waals surface area contributed by atoms with Crippen molar-refractivity contribution in [1.82, 2.24) is 0 Å². The van der Waals surface area contributed by atoms with Gasteiger partial charge < -0.3 is 29.4 Å². The molecular formula is C27H22KNO7. The zero-order valence-electron chi connectivity index (χ0n) is 20.1. The van der Waals surface area contributed by atoms with Crippen molar-refractivity contribution in [2.75, 3.05) is 19.2 Å². The van der Waals surface area contributed by atoms with Crippen molar-refractivity contribution in [2.24, 2.45) is 0 Å². The number of carboxylic acid groups (broad SMARTS) is 1. The fourth-order valence-electron chi connectivity index (χ4n) is 3.78. The van der Waals surface area contributed by atoms with Crippen LogP contribution in [0.1, 0.15) is 28.4 Å². The Bertz CT molecular complexity index is 1310. The Morgan fingerprint density at radius 3 is 2.17 bits per heavy atom. The second-order valence-electron chi connectivity index (χ2n) is 7.82. The summed E-state index contributed by atoms with van der Waals surface area (Å²) in [5.74, 6) is -0.724. The molecule has 1 aliphatic rings. The summed E-state index contributed by atoms with van der Waals surface area (Å²) in [5, 5.41) is 15.1. The van der Waals surface area contributed by atoms with Crippen LogP contribution in [0, 0.1) is 0 Å². The van der Waals surface area contributed by atoms with Crippen LogP contribution < -0.4 is 76.0 Å². The minimum Gasteiger partial charge on any atom is -0.545 e. The fraction of sp³-hybridized carbons (Fsp3) is 0.148. The molecule has 0 fully saturated rings. The summed E-state index contributed by atoms with van der Waals surface area (Å²) in [6.07, 6.45) is 0.0168. The van der Waals surface area contributed by atoms with Gasteiger partial charge in [0.05, 0.1) is 13.1 Å². The van der Waals surface area contributed by atoms with Crippen LogP contribution in [0.25, 0.3) is 5.57 Å². The largest absolute Gasteiger partial charge is 1.00 e. The number of fused-ring (bicyclic) bond motifs is 1. The van der Waals surface area contributed by atoms with E-state index in [-0.39, 0.29) is 87.2 Å². The standard InChI is InChI=1S/C27H23NO7.K/c1-16(29)28-20-8-3-17(4-9-20)13-22(26(30)18-5-10-21(33-2)11-6-18)25(27(31)32)19-7-12-23-24(14-19)35-15-34-23;/h3-12,14H,13,15H2,1-2H3,(H,28,29)(H,31,32);/q;+1/p-1. The van der Waals surface area contributed by atoms with Gasteiger partial charge in [0.25, 0.3) is 0 Å². The van der Waals surface area contributed by atoms with E-state index in [0.29, 0.717) is 34.1 Å². The van der Waals surface area contributed by atoms with Crippen molar-refractivity contribution < 1.29 is 85.1 Å². The summed E-state index contributed by atoms with van der Waals surface area (Å²) in [4.78, 5) is 37.3. The van der Waals surface area contributed by atoms with Crippen molar-refractivity contribution in [3.8, 4) is 17.2 Å². The third-order valence-corrected chi connectivity index (χ3v) is 5.45. The molecule has 0 unspecified atom stereocenters. The number of rotatable bonds is 8. The number of nitrogens with one attached hydrogen (secondary N) is 1. The van der Waals surface area contributed by atoms with E-state index in [1.807, 2.05) is 0 Å². The van der Waals surface area contributed by atoms with Crippen molar-refractivity contribution in [2.45, 2.75) is 13.3 Å². The minimum absolute atomic E-state index is 0. The zero-order chi connectivity index (χ0) is 24.9. The second kappa shape index (κ2) is 12.3. The second-order valence-corrected chi connectivity index (χ2v) is 7.82. The van der Waals surface area contributed by atoms with Crippen LogP contribution in [0.4, 0.5) is 5.69 Å². The van der Waals surface area contributed by atoms with Gasteiger partial charge in [-0.15, -0.1) is 0 Å². The molecule has 1 amide bonds. The Balaban J connectivity index is 0.00000361. The van der Waals surface area contributed by atoms with Gasteiger partial charge in [0.15, 0.2) is 17.3 Å². The van der Waals surface area contributed by atoms with Gasteiger partial charge in [0.1, 0.15) is 5.75 Å². The zero-order valence-corrected chi connectivity index (χ0v) is 23.2. The molecule has 3 aromatic rings. The van der Waals surface area contributed by atoms with E-state index in [2.05, 4.69) is 5.32 Å². The number of carboxylic acids is 1. The third-order valence-electron chi connectivity index (χ3n) is 5.45. The molecule has 9 heteroatoms. The van der Waals surface area contributed by atoms with Gasteiger partial charge in [-0.2, -0.15) is 0 Å². The molecule has 8 nitrogen and oxygen atoms in total. The number of ketones is 1. The molecule has 0 saturated carbocycles. The monoisotopic (exact) mass is 511 g/mol. The molecule has 36 heavy (non-hydrogen) atoms. The molecule has 0 saturated heterocycles. The van der Waals surface area contributed by atoms with E-state index >= 15 is 0 Å². The number of aliphatic carboxylic acids is 1. The smallest absolute Gasteiger partial charge is 0.545 e. The van der Waals surface area contributed by atoms with Gasteiger partial charge in [0, 0.05) is 35.7 Å². The number of carbonyl (C=O) groups is 3. The van der Waals surface area contributed by atoms with E-state index in [4.69, 9.17) is 14.2 Å². The number of benzene rings is 3. The summed E-state index contributed by atoms with van der Waals surface area (Å²) in [6, 6.07) is 17.9. The predicted molar refractivity (Wildman–Crippen MR) is 126 cm³/mol. The quantitative estimate of drug-likeness (QED) is 0.258. The summed E-state index contributed by atoms with van der Waals surface area (Å²) in [6.45, 7) is 1.43.